The van der Waals surface area contributed by atoms with Gasteiger partial charge >= 0.3 is 0 Å². The molecule has 0 aromatic heterocycles. The van der Waals surface area contributed by atoms with Gasteiger partial charge in [-0.1, -0.05) is 13.8 Å². The molecule has 0 aliphatic rings. The Bertz CT molecular complexity index is 435. The highest BCUT2D eigenvalue weighted by Crippen LogP contribution is 2.20. The molecule has 19 heavy (non-hydrogen) atoms. The van der Waals surface area contributed by atoms with Crippen LogP contribution in [0.5, 0.6) is 5.75 Å². The van der Waals surface area contributed by atoms with Crippen LogP contribution in [0.3, 0.4) is 0 Å². The molecule has 1 aromatic carbocycles. The molecule has 5 heteroatoms. The first-order chi connectivity index (χ1) is 8.90. The van der Waals surface area contributed by atoms with E-state index in [0.717, 1.165) is 6.42 Å². The first kappa shape index (κ1) is 15.3. The molecule has 1 aromatic rings. The van der Waals surface area contributed by atoms with Crippen LogP contribution in [0.15, 0.2) is 18.2 Å². The summed E-state index contributed by atoms with van der Waals surface area (Å²) in [4.78, 5) is 11.7. The van der Waals surface area contributed by atoms with Gasteiger partial charge in [0, 0.05) is 18.3 Å². The molecule has 0 radical (unpaired) electrons. The topological polar surface area (TPSA) is 64.3 Å². The number of hydrogen-bond donors (Lipinski definition) is 2. The number of nitrogens with one attached hydrogen (secondary N) is 1. The SMILES string of the molecule is CC(C)CCNC(=O)C(C)Oc1ccc(N)cc1F. The van der Waals surface area contributed by atoms with Gasteiger partial charge in [-0.3, -0.25) is 4.79 Å². The first-order valence-corrected chi connectivity index (χ1v) is 6.39. The summed E-state index contributed by atoms with van der Waals surface area (Å²) < 4.78 is 18.8. The molecule has 106 valence electrons. The fraction of sp³-hybridized carbons (Fsp3) is 0.500. The van der Waals surface area contributed by atoms with Gasteiger partial charge in [0.1, 0.15) is 0 Å². The summed E-state index contributed by atoms with van der Waals surface area (Å²) in [6, 6.07) is 4.11. The van der Waals surface area contributed by atoms with Gasteiger partial charge in [0.05, 0.1) is 0 Å². The van der Waals surface area contributed by atoms with Crippen LogP contribution in [-0.4, -0.2) is 18.6 Å². The van der Waals surface area contributed by atoms with Gasteiger partial charge in [-0.2, -0.15) is 0 Å². The van der Waals surface area contributed by atoms with E-state index in [2.05, 4.69) is 19.2 Å². The summed E-state index contributed by atoms with van der Waals surface area (Å²) in [5.41, 5.74) is 5.76. The van der Waals surface area contributed by atoms with Crippen molar-refractivity contribution in [1.82, 2.24) is 5.32 Å². The molecule has 1 atom stereocenters. The van der Waals surface area contributed by atoms with Crippen molar-refractivity contribution in [3.8, 4) is 5.75 Å². The Hall–Kier alpha value is -1.78. The zero-order valence-corrected chi connectivity index (χ0v) is 11.6. The van der Waals surface area contributed by atoms with Gasteiger partial charge in [-0.05, 0) is 31.4 Å². The molecule has 0 aliphatic heterocycles. The van der Waals surface area contributed by atoms with Crippen LogP contribution < -0.4 is 15.8 Å². The second-order valence-corrected chi connectivity index (χ2v) is 4.92. The van der Waals surface area contributed by atoms with Gasteiger partial charge in [0.15, 0.2) is 17.7 Å². The Kier molecular flexibility index (Phi) is 5.60. The zero-order valence-electron chi connectivity index (χ0n) is 11.6. The smallest absolute Gasteiger partial charge is 0.260 e. The Balaban J connectivity index is 2.49. The molecule has 0 aliphatic carbocycles. The summed E-state index contributed by atoms with van der Waals surface area (Å²) in [7, 11) is 0. The standard InChI is InChI=1S/C14H21FN2O2/c1-9(2)6-7-17-14(18)10(3)19-13-5-4-11(16)8-12(13)15/h4-5,8-10H,6-7,16H2,1-3H3,(H,17,18). The van der Waals surface area contributed by atoms with Gasteiger partial charge in [0.25, 0.3) is 5.91 Å². The van der Waals surface area contributed by atoms with Crippen molar-refractivity contribution < 1.29 is 13.9 Å². The third-order valence-corrected chi connectivity index (χ3v) is 2.65. The average Bonchev–Trinajstić information content (AvgIpc) is 2.32. The van der Waals surface area contributed by atoms with Crippen LogP contribution >= 0.6 is 0 Å². The summed E-state index contributed by atoms with van der Waals surface area (Å²) in [6.45, 7) is 6.33. The number of hydrogen-bond acceptors (Lipinski definition) is 3. The number of carbonyl (C=O) groups is 1. The minimum Gasteiger partial charge on any atom is -0.478 e. The van der Waals surface area contributed by atoms with E-state index in [1.54, 1.807) is 6.92 Å². The average molecular weight is 268 g/mol. The molecule has 0 spiro atoms. The van der Waals surface area contributed by atoms with Crippen LogP contribution in [0, 0.1) is 11.7 Å². The Morgan fingerprint density at radius 3 is 2.68 bits per heavy atom. The number of amides is 1. The number of halogens is 1. The molecule has 1 unspecified atom stereocenters. The highest BCUT2D eigenvalue weighted by Gasteiger charge is 2.16. The van der Waals surface area contributed by atoms with Crippen LogP contribution in [0.25, 0.3) is 0 Å². The summed E-state index contributed by atoms with van der Waals surface area (Å²) >= 11 is 0. The maximum Gasteiger partial charge on any atom is 0.260 e. The molecule has 0 fully saturated rings. The van der Waals surface area contributed by atoms with Gasteiger partial charge in [-0.25, -0.2) is 4.39 Å². The number of anilines is 1. The van der Waals surface area contributed by atoms with Crippen molar-refractivity contribution in [2.24, 2.45) is 5.92 Å². The fourth-order valence-electron chi connectivity index (χ4n) is 1.48. The van der Waals surface area contributed by atoms with E-state index in [1.807, 2.05) is 0 Å². The zero-order chi connectivity index (χ0) is 14.4. The van der Waals surface area contributed by atoms with Gasteiger partial charge < -0.3 is 15.8 Å². The first-order valence-electron chi connectivity index (χ1n) is 6.39. The number of rotatable bonds is 6. The third-order valence-electron chi connectivity index (χ3n) is 2.65. The van der Waals surface area contributed by atoms with E-state index >= 15 is 0 Å². The summed E-state index contributed by atoms with van der Waals surface area (Å²) in [5.74, 6) is -0.273. The molecular weight excluding hydrogens is 247 g/mol. The lowest BCUT2D eigenvalue weighted by atomic mass is 10.1. The molecule has 1 amide bonds. The van der Waals surface area contributed by atoms with Crippen LogP contribution in [0.4, 0.5) is 10.1 Å². The lowest BCUT2D eigenvalue weighted by Crippen LogP contribution is -2.37. The van der Waals surface area contributed by atoms with E-state index in [1.165, 1.54) is 18.2 Å². The van der Waals surface area contributed by atoms with Gasteiger partial charge in [-0.15, -0.1) is 0 Å². The second kappa shape index (κ2) is 6.97. The number of carbonyl (C=O) groups excluding carboxylic acids is 1. The molecule has 0 saturated heterocycles. The van der Waals surface area contributed by atoms with Crippen LogP contribution in [-0.2, 0) is 4.79 Å². The number of benzene rings is 1. The van der Waals surface area contributed by atoms with E-state index < -0.39 is 11.9 Å². The predicted octanol–water partition coefficient (Wildman–Crippen LogP) is 2.34. The van der Waals surface area contributed by atoms with Crippen molar-refractivity contribution in [1.29, 1.82) is 0 Å². The number of ether oxygens (including phenoxy) is 1. The molecule has 1 rings (SSSR count). The van der Waals surface area contributed by atoms with Gasteiger partial charge in [0.2, 0.25) is 0 Å². The molecule has 0 saturated carbocycles. The van der Waals surface area contributed by atoms with E-state index in [-0.39, 0.29) is 11.7 Å². The Labute approximate surface area is 113 Å². The second-order valence-electron chi connectivity index (χ2n) is 4.92. The van der Waals surface area contributed by atoms with Crippen molar-refractivity contribution >= 4 is 11.6 Å². The lowest BCUT2D eigenvalue weighted by Gasteiger charge is -2.15. The van der Waals surface area contributed by atoms with Crippen molar-refractivity contribution in [2.45, 2.75) is 33.3 Å². The summed E-state index contributed by atoms with van der Waals surface area (Å²) in [6.07, 6.45) is 0.152. The molecule has 3 N–H and O–H groups in total. The minimum atomic E-state index is -0.745. The predicted molar refractivity (Wildman–Crippen MR) is 73.4 cm³/mol. The minimum absolute atomic E-state index is 0.0284. The van der Waals surface area contributed by atoms with E-state index in [9.17, 15) is 9.18 Å². The molecule has 0 bridgehead atoms. The molecule has 4 nitrogen and oxygen atoms in total. The molecular formula is C14H21FN2O2. The van der Waals surface area contributed by atoms with Crippen LogP contribution in [0.2, 0.25) is 0 Å². The molecule has 0 heterocycles. The highest BCUT2D eigenvalue weighted by atomic mass is 19.1. The van der Waals surface area contributed by atoms with E-state index in [4.69, 9.17) is 10.5 Å². The van der Waals surface area contributed by atoms with E-state index in [0.29, 0.717) is 18.2 Å². The Morgan fingerprint density at radius 1 is 1.42 bits per heavy atom. The van der Waals surface area contributed by atoms with Crippen LogP contribution in [0.1, 0.15) is 27.2 Å². The number of nitrogen functional groups attached to an aromatic ring is 1. The summed E-state index contributed by atoms with van der Waals surface area (Å²) in [5, 5.41) is 2.75. The fourth-order valence-corrected chi connectivity index (χ4v) is 1.48. The normalized spacial score (nSPS) is 12.3. The Morgan fingerprint density at radius 2 is 2.11 bits per heavy atom. The third kappa shape index (κ3) is 5.16. The maximum absolute atomic E-state index is 13.5. The maximum atomic E-state index is 13.5. The lowest BCUT2D eigenvalue weighted by molar-refractivity contribution is -0.127. The van der Waals surface area contributed by atoms with Crippen molar-refractivity contribution in [3.05, 3.63) is 24.0 Å². The van der Waals surface area contributed by atoms with Crippen molar-refractivity contribution in [3.63, 3.8) is 0 Å². The number of nitrogens with two attached hydrogens (primary N) is 1. The highest BCUT2D eigenvalue weighted by molar-refractivity contribution is 5.80. The van der Waals surface area contributed by atoms with Crippen molar-refractivity contribution in [2.75, 3.05) is 12.3 Å². The largest absolute Gasteiger partial charge is 0.478 e. The quantitative estimate of drug-likeness (QED) is 0.778. The monoisotopic (exact) mass is 268 g/mol.